The Bertz CT molecular complexity index is 816. The Morgan fingerprint density at radius 2 is 1.96 bits per heavy atom. The fourth-order valence-electron chi connectivity index (χ4n) is 1.89. The lowest BCUT2D eigenvalue weighted by Crippen LogP contribution is -2.15. The predicted molar refractivity (Wildman–Crippen MR) is 86.3 cm³/mol. The third-order valence-electron chi connectivity index (χ3n) is 2.82. The molecule has 0 spiro atoms. The van der Waals surface area contributed by atoms with Crippen molar-refractivity contribution in [1.29, 1.82) is 0 Å². The molecule has 1 amide bonds. The maximum atomic E-state index is 12.0. The van der Waals surface area contributed by atoms with Gasteiger partial charge in [-0.25, -0.2) is 0 Å². The number of hydrogen-bond acceptors (Lipinski definition) is 5. The van der Waals surface area contributed by atoms with Crippen molar-refractivity contribution in [2.45, 2.75) is 6.42 Å². The summed E-state index contributed by atoms with van der Waals surface area (Å²) in [5.74, 6) is 0.215. The Balaban J connectivity index is 1.68. The molecule has 3 rings (SSSR count). The molecule has 0 aliphatic heterocycles. The standard InChI is InChI=1S/C15H10Cl2N4O2/c16-9-5-10(17)7-11(6-9)19-14(22)8-13-20-15(23-21-13)12-3-1-2-4-18-12/h1-7H,8H2,(H,19,22). The summed E-state index contributed by atoms with van der Waals surface area (Å²) < 4.78 is 5.09. The number of carbonyl (C=O) groups is 1. The summed E-state index contributed by atoms with van der Waals surface area (Å²) in [5, 5.41) is 7.32. The molecule has 0 bridgehead atoms. The van der Waals surface area contributed by atoms with Crippen LogP contribution in [0.25, 0.3) is 11.6 Å². The van der Waals surface area contributed by atoms with Crippen molar-refractivity contribution in [3.63, 3.8) is 0 Å². The van der Waals surface area contributed by atoms with Gasteiger partial charge in [0.25, 0.3) is 5.89 Å². The Labute approximate surface area is 141 Å². The summed E-state index contributed by atoms with van der Waals surface area (Å²) in [5.41, 5.74) is 1.05. The molecule has 6 nitrogen and oxygen atoms in total. The second-order valence-corrected chi connectivity index (χ2v) is 5.49. The van der Waals surface area contributed by atoms with Crippen molar-refractivity contribution in [1.82, 2.24) is 15.1 Å². The molecule has 116 valence electrons. The van der Waals surface area contributed by atoms with Gasteiger partial charge in [0.05, 0.1) is 6.42 Å². The van der Waals surface area contributed by atoms with Crippen molar-refractivity contribution in [2.75, 3.05) is 5.32 Å². The second kappa shape index (κ2) is 6.76. The lowest BCUT2D eigenvalue weighted by Gasteiger charge is -2.04. The molecule has 2 aromatic heterocycles. The van der Waals surface area contributed by atoms with Gasteiger partial charge >= 0.3 is 0 Å². The van der Waals surface area contributed by atoms with Crippen molar-refractivity contribution in [3.05, 3.63) is 58.5 Å². The highest BCUT2D eigenvalue weighted by atomic mass is 35.5. The van der Waals surface area contributed by atoms with Crippen LogP contribution in [0.2, 0.25) is 10.0 Å². The quantitative estimate of drug-likeness (QED) is 0.778. The maximum Gasteiger partial charge on any atom is 0.276 e. The fourth-order valence-corrected chi connectivity index (χ4v) is 2.42. The molecule has 0 saturated heterocycles. The molecule has 2 heterocycles. The molecule has 0 unspecified atom stereocenters. The summed E-state index contributed by atoms with van der Waals surface area (Å²) >= 11 is 11.8. The molecule has 0 atom stereocenters. The monoisotopic (exact) mass is 348 g/mol. The normalized spacial score (nSPS) is 10.5. The molecule has 0 radical (unpaired) electrons. The van der Waals surface area contributed by atoms with Crippen LogP contribution in [0.3, 0.4) is 0 Å². The van der Waals surface area contributed by atoms with Crippen molar-refractivity contribution >= 4 is 34.8 Å². The van der Waals surface area contributed by atoms with E-state index in [0.717, 1.165) is 0 Å². The molecule has 8 heteroatoms. The Morgan fingerprint density at radius 3 is 2.65 bits per heavy atom. The molecule has 0 aliphatic carbocycles. The number of aromatic nitrogens is 3. The minimum atomic E-state index is -0.309. The summed E-state index contributed by atoms with van der Waals surface area (Å²) in [6, 6.07) is 10.1. The molecule has 1 aromatic carbocycles. The van der Waals surface area contributed by atoms with Crippen LogP contribution in [0.4, 0.5) is 5.69 Å². The van der Waals surface area contributed by atoms with Crippen LogP contribution < -0.4 is 5.32 Å². The summed E-state index contributed by atoms with van der Waals surface area (Å²) in [6.07, 6.45) is 1.58. The van der Waals surface area contributed by atoms with Gasteiger partial charge in [-0.15, -0.1) is 0 Å². The zero-order valence-electron chi connectivity index (χ0n) is 11.7. The number of hydrogen-bond donors (Lipinski definition) is 1. The minimum Gasteiger partial charge on any atom is -0.332 e. The highest BCUT2D eigenvalue weighted by Crippen LogP contribution is 2.22. The lowest BCUT2D eigenvalue weighted by molar-refractivity contribution is -0.115. The molecular weight excluding hydrogens is 339 g/mol. The van der Waals surface area contributed by atoms with Crippen LogP contribution in [0.1, 0.15) is 5.82 Å². The third kappa shape index (κ3) is 4.06. The van der Waals surface area contributed by atoms with Crippen LogP contribution in [-0.4, -0.2) is 21.0 Å². The van der Waals surface area contributed by atoms with E-state index in [2.05, 4.69) is 20.4 Å². The molecule has 3 aromatic rings. The number of amides is 1. The van der Waals surface area contributed by atoms with E-state index in [1.54, 1.807) is 36.5 Å². The number of nitrogens with one attached hydrogen (secondary N) is 1. The highest BCUT2D eigenvalue weighted by Gasteiger charge is 2.13. The van der Waals surface area contributed by atoms with E-state index < -0.39 is 0 Å². The van der Waals surface area contributed by atoms with E-state index in [1.165, 1.54) is 0 Å². The van der Waals surface area contributed by atoms with Crippen LogP contribution in [0, 0.1) is 0 Å². The van der Waals surface area contributed by atoms with E-state index in [1.807, 2.05) is 6.07 Å². The van der Waals surface area contributed by atoms with E-state index >= 15 is 0 Å². The van der Waals surface area contributed by atoms with E-state index in [9.17, 15) is 4.79 Å². The number of carbonyl (C=O) groups excluding carboxylic acids is 1. The molecule has 0 aliphatic rings. The maximum absolute atomic E-state index is 12.0. The summed E-state index contributed by atoms with van der Waals surface area (Å²) in [6.45, 7) is 0. The van der Waals surface area contributed by atoms with Gasteiger partial charge < -0.3 is 9.84 Å². The largest absolute Gasteiger partial charge is 0.332 e. The van der Waals surface area contributed by atoms with Gasteiger partial charge in [0, 0.05) is 21.9 Å². The lowest BCUT2D eigenvalue weighted by atomic mass is 10.3. The number of rotatable bonds is 4. The zero-order chi connectivity index (χ0) is 16.2. The van der Waals surface area contributed by atoms with Gasteiger partial charge in [0.1, 0.15) is 5.69 Å². The van der Waals surface area contributed by atoms with Crippen LogP contribution in [-0.2, 0) is 11.2 Å². The average Bonchev–Trinajstić information content (AvgIpc) is 2.95. The fraction of sp³-hybridized carbons (Fsp3) is 0.0667. The molecule has 1 N–H and O–H groups in total. The SMILES string of the molecule is O=C(Cc1noc(-c2ccccn2)n1)Nc1cc(Cl)cc(Cl)c1. The molecule has 0 fully saturated rings. The predicted octanol–water partition coefficient (Wildman–Crippen LogP) is 3.62. The average molecular weight is 349 g/mol. The van der Waals surface area contributed by atoms with Gasteiger partial charge in [-0.05, 0) is 30.3 Å². The van der Waals surface area contributed by atoms with E-state index in [0.29, 0.717) is 21.4 Å². The number of anilines is 1. The van der Waals surface area contributed by atoms with Gasteiger partial charge in [-0.1, -0.05) is 34.4 Å². The van der Waals surface area contributed by atoms with Gasteiger partial charge in [0.15, 0.2) is 5.82 Å². The zero-order valence-corrected chi connectivity index (χ0v) is 13.2. The minimum absolute atomic E-state index is 0.0412. The first-order valence-electron chi connectivity index (χ1n) is 6.60. The van der Waals surface area contributed by atoms with Gasteiger partial charge in [0.2, 0.25) is 5.91 Å². The Morgan fingerprint density at radius 1 is 1.17 bits per heavy atom. The van der Waals surface area contributed by atoms with Gasteiger partial charge in [-0.3, -0.25) is 9.78 Å². The number of benzene rings is 1. The van der Waals surface area contributed by atoms with Crippen LogP contribution in [0.15, 0.2) is 47.1 Å². The summed E-state index contributed by atoms with van der Waals surface area (Å²) in [7, 11) is 0. The summed E-state index contributed by atoms with van der Waals surface area (Å²) in [4.78, 5) is 20.3. The number of halogens is 2. The van der Waals surface area contributed by atoms with Crippen LogP contribution in [0.5, 0.6) is 0 Å². The molecule has 23 heavy (non-hydrogen) atoms. The Hall–Kier alpha value is -2.44. The third-order valence-corrected chi connectivity index (χ3v) is 3.25. The first-order valence-corrected chi connectivity index (χ1v) is 7.36. The molecular formula is C15H10Cl2N4O2. The van der Waals surface area contributed by atoms with E-state index in [4.69, 9.17) is 27.7 Å². The number of pyridine rings is 1. The van der Waals surface area contributed by atoms with E-state index in [-0.39, 0.29) is 24.0 Å². The van der Waals surface area contributed by atoms with Crippen LogP contribution >= 0.6 is 23.2 Å². The first kappa shape index (κ1) is 15.5. The van der Waals surface area contributed by atoms with Crippen molar-refractivity contribution < 1.29 is 9.32 Å². The first-order chi connectivity index (χ1) is 11.1. The van der Waals surface area contributed by atoms with Gasteiger partial charge in [-0.2, -0.15) is 4.98 Å². The smallest absolute Gasteiger partial charge is 0.276 e. The Kier molecular flexibility index (Phi) is 4.55. The topological polar surface area (TPSA) is 80.9 Å². The highest BCUT2D eigenvalue weighted by molar-refractivity contribution is 6.35. The molecule has 0 saturated carbocycles. The van der Waals surface area contributed by atoms with Crippen molar-refractivity contribution in [2.24, 2.45) is 0 Å². The van der Waals surface area contributed by atoms with Crippen molar-refractivity contribution in [3.8, 4) is 11.6 Å². The second-order valence-electron chi connectivity index (χ2n) is 4.61. The number of nitrogens with zero attached hydrogens (tertiary/aromatic N) is 3.